The molecule has 0 amide bonds. The number of nitrogens with one attached hydrogen (secondary N) is 1. The van der Waals surface area contributed by atoms with Gasteiger partial charge in [0, 0.05) is 25.7 Å². The zero-order chi connectivity index (χ0) is 9.80. The maximum atomic E-state index is 3.49. The lowest BCUT2D eigenvalue weighted by molar-refractivity contribution is 0.194. The highest BCUT2D eigenvalue weighted by Crippen LogP contribution is 2.18. The van der Waals surface area contributed by atoms with E-state index in [2.05, 4.69) is 22.3 Å². The van der Waals surface area contributed by atoms with Gasteiger partial charge in [-0.2, -0.15) is 0 Å². The normalized spacial score (nSPS) is 30.2. The van der Waals surface area contributed by atoms with E-state index < -0.39 is 0 Å². The SMILES string of the molecule is CCCNN1CCC(N2CCCC2)C1. The van der Waals surface area contributed by atoms with E-state index in [4.69, 9.17) is 0 Å². The Balaban J connectivity index is 1.71. The molecule has 0 aromatic rings. The highest BCUT2D eigenvalue weighted by atomic mass is 15.5. The number of nitrogens with zero attached hydrogens (tertiary/aromatic N) is 2. The minimum Gasteiger partial charge on any atom is -0.299 e. The summed E-state index contributed by atoms with van der Waals surface area (Å²) >= 11 is 0. The molecule has 2 rings (SSSR count). The quantitative estimate of drug-likeness (QED) is 0.727. The van der Waals surface area contributed by atoms with E-state index in [1.54, 1.807) is 0 Å². The molecule has 14 heavy (non-hydrogen) atoms. The van der Waals surface area contributed by atoms with Gasteiger partial charge in [-0.05, 0) is 38.8 Å². The maximum Gasteiger partial charge on any atom is 0.0287 e. The van der Waals surface area contributed by atoms with Crippen molar-refractivity contribution in [2.24, 2.45) is 0 Å². The Kier molecular flexibility index (Phi) is 3.79. The van der Waals surface area contributed by atoms with Crippen LogP contribution >= 0.6 is 0 Å². The van der Waals surface area contributed by atoms with Crippen LogP contribution in [0.15, 0.2) is 0 Å². The number of hydrogen-bond donors (Lipinski definition) is 1. The molecule has 0 saturated carbocycles. The zero-order valence-electron chi connectivity index (χ0n) is 9.34. The molecular weight excluding hydrogens is 174 g/mol. The minimum absolute atomic E-state index is 0.835. The van der Waals surface area contributed by atoms with Crippen molar-refractivity contribution in [1.82, 2.24) is 15.3 Å². The molecule has 2 aliphatic rings. The van der Waals surface area contributed by atoms with E-state index in [1.807, 2.05) is 0 Å². The fourth-order valence-electron chi connectivity index (χ4n) is 2.56. The van der Waals surface area contributed by atoms with Crippen molar-refractivity contribution < 1.29 is 0 Å². The molecule has 2 aliphatic heterocycles. The lowest BCUT2D eigenvalue weighted by Crippen LogP contribution is -2.40. The van der Waals surface area contributed by atoms with Gasteiger partial charge in [0.15, 0.2) is 0 Å². The van der Waals surface area contributed by atoms with E-state index in [-0.39, 0.29) is 0 Å². The largest absolute Gasteiger partial charge is 0.299 e. The van der Waals surface area contributed by atoms with Crippen LogP contribution in [0.4, 0.5) is 0 Å². The van der Waals surface area contributed by atoms with Crippen LogP contribution < -0.4 is 5.43 Å². The van der Waals surface area contributed by atoms with Gasteiger partial charge in [0.05, 0.1) is 0 Å². The lowest BCUT2D eigenvalue weighted by atomic mass is 10.2. The molecule has 1 unspecified atom stereocenters. The first-order valence-electron chi connectivity index (χ1n) is 6.12. The Hall–Kier alpha value is -0.120. The summed E-state index contributed by atoms with van der Waals surface area (Å²) in [6.45, 7) is 8.51. The van der Waals surface area contributed by atoms with Gasteiger partial charge in [0.25, 0.3) is 0 Å². The first kappa shape index (κ1) is 10.4. The van der Waals surface area contributed by atoms with Crippen molar-refractivity contribution in [3.05, 3.63) is 0 Å². The van der Waals surface area contributed by atoms with Gasteiger partial charge >= 0.3 is 0 Å². The average molecular weight is 197 g/mol. The molecule has 82 valence electrons. The predicted molar refractivity (Wildman–Crippen MR) is 59.1 cm³/mol. The van der Waals surface area contributed by atoms with E-state index >= 15 is 0 Å². The fourth-order valence-corrected chi connectivity index (χ4v) is 2.56. The van der Waals surface area contributed by atoms with Crippen LogP contribution in [-0.2, 0) is 0 Å². The summed E-state index contributed by atoms with van der Waals surface area (Å²) in [5.41, 5.74) is 3.49. The van der Waals surface area contributed by atoms with Crippen molar-refractivity contribution in [2.75, 3.05) is 32.7 Å². The fraction of sp³-hybridized carbons (Fsp3) is 1.00. The Labute approximate surface area is 87.4 Å². The molecule has 0 aliphatic carbocycles. The topological polar surface area (TPSA) is 18.5 Å². The van der Waals surface area contributed by atoms with E-state index in [0.717, 1.165) is 12.6 Å². The molecule has 3 nitrogen and oxygen atoms in total. The van der Waals surface area contributed by atoms with Gasteiger partial charge < -0.3 is 0 Å². The van der Waals surface area contributed by atoms with Crippen LogP contribution in [-0.4, -0.2) is 48.7 Å². The van der Waals surface area contributed by atoms with E-state index in [0.29, 0.717) is 0 Å². The molecule has 2 heterocycles. The second-order valence-corrected chi connectivity index (χ2v) is 4.54. The molecule has 0 radical (unpaired) electrons. The average Bonchev–Trinajstić information content (AvgIpc) is 2.85. The first-order valence-corrected chi connectivity index (χ1v) is 6.12. The number of hydrazine groups is 1. The van der Waals surface area contributed by atoms with Gasteiger partial charge in [-0.15, -0.1) is 0 Å². The maximum absolute atomic E-state index is 3.49. The monoisotopic (exact) mass is 197 g/mol. The molecule has 0 spiro atoms. The third-order valence-corrected chi connectivity index (χ3v) is 3.41. The van der Waals surface area contributed by atoms with Crippen molar-refractivity contribution >= 4 is 0 Å². The molecule has 3 heteroatoms. The Morgan fingerprint density at radius 2 is 2.00 bits per heavy atom. The van der Waals surface area contributed by atoms with Crippen molar-refractivity contribution in [3.63, 3.8) is 0 Å². The van der Waals surface area contributed by atoms with Crippen LogP contribution in [0.2, 0.25) is 0 Å². The summed E-state index contributed by atoms with van der Waals surface area (Å²) in [4.78, 5) is 2.67. The Morgan fingerprint density at radius 1 is 1.21 bits per heavy atom. The van der Waals surface area contributed by atoms with Crippen molar-refractivity contribution in [3.8, 4) is 0 Å². The van der Waals surface area contributed by atoms with Crippen LogP contribution in [0.1, 0.15) is 32.6 Å². The minimum atomic E-state index is 0.835. The van der Waals surface area contributed by atoms with Crippen molar-refractivity contribution in [2.45, 2.75) is 38.6 Å². The lowest BCUT2D eigenvalue weighted by Gasteiger charge is -2.23. The first-order chi connectivity index (χ1) is 6.90. The van der Waals surface area contributed by atoms with Crippen LogP contribution in [0.25, 0.3) is 0 Å². The van der Waals surface area contributed by atoms with Crippen LogP contribution in [0.5, 0.6) is 0 Å². The summed E-state index contributed by atoms with van der Waals surface area (Å²) < 4.78 is 0. The number of likely N-dealkylation sites (tertiary alicyclic amines) is 1. The van der Waals surface area contributed by atoms with Crippen molar-refractivity contribution in [1.29, 1.82) is 0 Å². The van der Waals surface area contributed by atoms with Gasteiger partial charge in [0.2, 0.25) is 0 Å². The van der Waals surface area contributed by atoms with Gasteiger partial charge in [0.1, 0.15) is 0 Å². The molecule has 0 bridgehead atoms. The molecule has 1 N–H and O–H groups in total. The molecule has 2 fully saturated rings. The van der Waals surface area contributed by atoms with E-state index in [9.17, 15) is 0 Å². The van der Waals surface area contributed by atoms with E-state index in [1.165, 1.54) is 51.9 Å². The molecule has 1 atom stereocenters. The van der Waals surface area contributed by atoms with Crippen LogP contribution in [0.3, 0.4) is 0 Å². The second kappa shape index (κ2) is 5.10. The Bertz CT molecular complexity index is 166. The van der Waals surface area contributed by atoms with Gasteiger partial charge in [-0.25, -0.2) is 5.01 Å². The van der Waals surface area contributed by atoms with Crippen LogP contribution in [0, 0.1) is 0 Å². The summed E-state index contributed by atoms with van der Waals surface area (Å²) in [5, 5.41) is 2.41. The predicted octanol–water partition coefficient (Wildman–Crippen LogP) is 1.07. The van der Waals surface area contributed by atoms with Gasteiger partial charge in [-0.1, -0.05) is 6.92 Å². The third-order valence-electron chi connectivity index (χ3n) is 3.41. The molecule has 2 saturated heterocycles. The summed E-state index contributed by atoms with van der Waals surface area (Å²) in [7, 11) is 0. The highest BCUT2D eigenvalue weighted by molar-refractivity contribution is 4.84. The zero-order valence-corrected chi connectivity index (χ0v) is 9.34. The Morgan fingerprint density at radius 3 is 2.71 bits per heavy atom. The molecule has 0 aromatic carbocycles. The summed E-state index contributed by atoms with van der Waals surface area (Å²) in [6, 6.07) is 0.835. The number of hydrogen-bond acceptors (Lipinski definition) is 3. The van der Waals surface area contributed by atoms with Gasteiger partial charge in [-0.3, -0.25) is 10.3 Å². The smallest absolute Gasteiger partial charge is 0.0287 e. The highest BCUT2D eigenvalue weighted by Gasteiger charge is 2.28. The standard InChI is InChI=1S/C11H23N3/c1-2-6-12-14-9-5-11(10-14)13-7-3-4-8-13/h11-12H,2-10H2,1H3. The summed E-state index contributed by atoms with van der Waals surface area (Å²) in [5.74, 6) is 0. The molecular formula is C11H23N3. The second-order valence-electron chi connectivity index (χ2n) is 4.54. The summed E-state index contributed by atoms with van der Waals surface area (Å²) in [6.07, 6.45) is 5.42. The molecule has 0 aromatic heterocycles. The number of rotatable bonds is 4. The third kappa shape index (κ3) is 2.47.